The fourth-order valence-corrected chi connectivity index (χ4v) is 2.79. The molecule has 136 valence electrons. The number of aromatic nitrogens is 2. The van der Waals surface area contributed by atoms with Gasteiger partial charge < -0.3 is 9.88 Å². The molecule has 1 heterocycles. The van der Waals surface area contributed by atoms with Crippen molar-refractivity contribution in [3.8, 4) is 0 Å². The number of carbonyl (C=O) groups is 2. The maximum atomic E-state index is 13.7. The van der Waals surface area contributed by atoms with Gasteiger partial charge in [-0.2, -0.15) is 0 Å². The van der Waals surface area contributed by atoms with Crippen molar-refractivity contribution in [3.63, 3.8) is 0 Å². The molecule has 0 unspecified atom stereocenters. The molecular formula is C20H15BrFN3O2. The van der Waals surface area contributed by atoms with Crippen LogP contribution in [0, 0.1) is 5.82 Å². The lowest BCUT2D eigenvalue weighted by molar-refractivity contribution is -0.111. The molecule has 0 bridgehead atoms. The number of ketones is 1. The quantitative estimate of drug-likeness (QED) is 0.490. The van der Waals surface area contributed by atoms with E-state index >= 15 is 0 Å². The average Bonchev–Trinajstić information content (AvgIpc) is 3.08. The molecule has 2 aromatic carbocycles. The first kappa shape index (κ1) is 18.7. The smallest absolute Gasteiger partial charge is 0.248 e. The average molecular weight is 428 g/mol. The van der Waals surface area contributed by atoms with Crippen LogP contribution < -0.4 is 5.32 Å². The van der Waals surface area contributed by atoms with Gasteiger partial charge in [-0.1, -0.05) is 15.9 Å². The lowest BCUT2D eigenvalue weighted by Crippen LogP contribution is -2.10. The molecule has 1 N–H and O–H groups in total. The highest BCUT2D eigenvalue weighted by Crippen LogP contribution is 2.17. The molecule has 0 saturated heterocycles. The highest BCUT2D eigenvalue weighted by atomic mass is 79.9. The SMILES string of the molecule is Cn1ccnc1C(=O)c1ccc(NC(=O)/C=C/c2cc(Br)ccc2F)cc1. The molecule has 3 aromatic rings. The minimum absolute atomic E-state index is 0.203. The first-order valence-electron chi connectivity index (χ1n) is 8.00. The third-order valence-electron chi connectivity index (χ3n) is 3.81. The summed E-state index contributed by atoms with van der Waals surface area (Å²) in [6.45, 7) is 0. The zero-order chi connectivity index (χ0) is 19.4. The summed E-state index contributed by atoms with van der Waals surface area (Å²) in [5, 5.41) is 2.67. The van der Waals surface area contributed by atoms with Crippen LogP contribution in [0.25, 0.3) is 6.08 Å². The van der Waals surface area contributed by atoms with Gasteiger partial charge in [-0.3, -0.25) is 9.59 Å². The maximum absolute atomic E-state index is 13.7. The fourth-order valence-electron chi connectivity index (χ4n) is 2.41. The van der Waals surface area contributed by atoms with Gasteiger partial charge in [0.05, 0.1) is 0 Å². The Hall–Kier alpha value is -3.06. The van der Waals surface area contributed by atoms with Crippen molar-refractivity contribution in [2.24, 2.45) is 7.05 Å². The van der Waals surface area contributed by atoms with Crippen LogP contribution >= 0.6 is 15.9 Å². The van der Waals surface area contributed by atoms with E-state index in [-0.39, 0.29) is 5.78 Å². The summed E-state index contributed by atoms with van der Waals surface area (Å²) in [6.07, 6.45) is 5.90. The molecule has 1 aromatic heterocycles. The van der Waals surface area contributed by atoms with Crippen molar-refractivity contribution in [1.82, 2.24) is 9.55 Å². The van der Waals surface area contributed by atoms with Gasteiger partial charge in [-0.15, -0.1) is 0 Å². The van der Waals surface area contributed by atoms with E-state index in [1.54, 1.807) is 60.4 Å². The largest absolute Gasteiger partial charge is 0.331 e. The van der Waals surface area contributed by atoms with E-state index in [9.17, 15) is 14.0 Å². The third kappa shape index (κ3) is 4.57. The second-order valence-corrected chi connectivity index (χ2v) is 6.67. The van der Waals surface area contributed by atoms with Crippen molar-refractivity contribution in [2.75, 3.05) is 5.32 Å². The van der Waals surface area contributed by atoms with E-state index in [1.807, 2.05) is 0 Å². The van der Waals surface area contributed by atoms with Gasteiger partial charge in [-0.05, 0) is 48.5 Å². The summed E-state index contributed by atoms with van der Waals surface area (Å²) in [5.41, 5.74) is 1.29. The normalized spacial score (nSPS) is 10.9. The second kappa shape index (κ2) is 8.09. The Morgan fingerprint density at radius 1 is 1.19 bits per heavy atom. The number of benzene rings is 2. The van der Waals surface area contributed by atoms with Gasteiger partial charge in [0, 0.05) is 46.8 Å². The minimum Gasteiger partial charge on any atom is -0.331 e. The zero-order valence-corrected chi connectivity index (χ0v) is 15.9. The van der Waals surface area contributed by atoms with E-state index in [0.29, 0.717) is 22.6 Å². The van der Waals surface area contributed by atoms with Crippen molar-refractivity contribution in [2.45, 2.75) is 0 Å². The van der Waals surface area contributed by atoms with Gasteiger partial charge >= 0.3 is 0 Å². The van der Waals surface area contributed by atoms with Gasteiger partial charge in [0.25, 0.3) is 0 Å². The molecular weight excluding hydrogens is 413 g/mol. The molecule has 0 saturated carbocycles. The van der Waals surface area contributed by atoms with Crippen molar-refractivity contribution in [3.05, 3.63) is 88.2 Å². The van der Waals surface area contributed by atoms with Crippen LogP contribution in [-0.4, -0.2) is 21.2 Å². The first-order valence-corrected chi connectivity index (χ1v) is 8.79. The Kier molecular flexibility index (Phi) is 5.61. The van der Waals surface area contributed by atoms with E-state index in [4.69, 9.17) is 0 Å². The Morgan fingerprint density at radius 2 is 1.93 bits per heavy atom. The number of halogens is 2. The monoisotopic (exact) mass is 427 g/mol. The van der Waals surface area contributed by atoms with Crippen LogP contribution in [0.1, 0.15) is 21.7 Å². The third-order valence-corrected chi connectivity index (χ3v) is 4.30. The van der Waals surface area contributed by atoms with E-state index in [2.05, 4.69) is 26.2 Å². The van der Waals surface area contributed by atoms with E-state index < -0.39 is 11.7 Å². The van der Waals surface area contributed by atoms with Gasteiger partial charge in [-0.25, -0.2) is 9.37 Å². The summed E-state index contributed by atoms with van der Waals surface area (Å²) in [4.78, 5) is 28.4. The number of aryl methyl sites for hydroxylation is 1. The number of nitrogens with zero attached hydrogens (tertiary/aromatic N) is 2. The van der Waals surface area contributed by atoms with Crippen LogP contribution in [0.5, 0.6) is 0 Å². The van der Waals surface area contributed by atoms with Crippen LogP contribution in [-0.2, 0) is 11.8 Å². The number of nitrogens with one attached hydrogen (secondary N) is 1. The summed E-state index contributed by atoms with van der Waals surface area (Å²) in [6, 6.07) is 11.0. The highest BCUT2D eigenvalue weighted by Gasteiger charge is 2.13. The Bertz CT molecular complexity index is 1030. The molecule has 0 aliphatic carbocycles. The van der Waals surface area contributed by atoms with Crippen molar-refractivity contribution >= 4 is 39.4 Å². The Morgan fingerprint density at radius 3 is 2.59 bits per heavy atom. The topological polar surface area (TPSA) is 64.0 Å². The van der Waals surface area contributed by atoms with Gasteiger partial charge in [0.2, 0.25) is 11.7 Å². The molecule has 0 radical (unpaired) electrons. The number of hydrogen-bond acceptors (Lipinski definition) is 3. The predicted octanol–water partition coefficient (Wildman–Crippen LogP) is 4.20. The molecule has 0 aliphatic rings. The lowest BCUT2D eigenvalue weighted by atomic mass is 10.1. The molecule has 1 amide bonds. The van der Waals surface area contributed by atoms with Crippen LogP contribution in [0.2, 0.25) is 0 Å². The second-order valence-electron chi connectivity index (χ2n) is 5.76. The van der Waals surface area contributed by atoms with Crippen molar-refractivity contribution < 1.29 is 14.0 Å². The van der Waals surface area contributed by atoms with Crippen LogP contribution in [0.15, 0.2) is 65.4 Å². The summed E-state index contributed by atoms with van der Waals surface area (Å²) >= 11 is 3.26. The molecule has 27 heavy (non-hydrogen) atoms. The summed E-state index contributed by atoms with van der Waals surface area (Å²) < 4.78 is 16.0. The minimum atomic E-state index is -0.417. The highest BCUT2D eigenvalue weighted by molar-refractivity contribution is 9.10. The number of rotatable bonds is 5. The van der Waals surface area contributed by atoms with Gasteiger partial charge in [0.15, 0.2) is 5.82 Å². The number of carbonyl (C=O) groups excluding carboxylic acids is 2. The number of amides is 1. The molecule has 3 rings (SSSR count). The van der Waals surface area contributed by atoms with Crippen LogP contribution in [0.4, 0.5) is 10.1 Å². The summed E-state index contributed by atoms with van der Waals surface area (Å²) in [7, 11) is 1.75. The molecule has 0 fully saturated rings. The first-order chi connectivity index (χ1) is 12.9. The predicted molar refractivity (Wildman–Crippen MR) is 105 cm³/mol. The zero-order valence-electron chi connectivity index (χ0n) is 14.3. The molecule has 7 heteroatoms. The Balaban J connectivity index is 1.66. The molecule has 0 atom stereocenters. The number of anilines is 1. The molecule has 0 spiro atoms. The van der Waals surface area contributed by atoms with Crippen molar-refractivity contribution in [1.29, 1.82) is 0 Å². The molecule has 5 nitrogen and oxygen atoms in total. The number of imidazole rings is 1. The molecule has 0 aliphatic heterocycles. The van der Waals surface area contributed by atoms with E-state index in [0.717, 1.165) is 4.47 Å². The summed E-state index contributed by atoms with van der Waals surface area (Å²) in [5.74, 6) is -0.687. The van der Waals surface area contributed by atoms with Crippen LogP contribution in [0.3, 0.4) is 0 Å². The lowest BCUT2D eigenvalue weighted by Gasteiger charge is -2.05. The number of hydrogen-bond donors (Lipinski definition) is 1. The standard InChI is InChI=1S/C20H15BrFN3O2/c1-25-11-10-23-20(25)19(27)13-2-6-16(7-3-13)24-18(26)9-4-14-12-15(21)5-8-17(14)22/h2-12H,1H3,(H,24,26)/b9-4+. The van der Waals surface area contributed by atoms with Gasteiger partial charge in [0.1, 0.15) is 5.82 Å². The Labute approximate surface area is 163 Å². The fraction of sp³-hybridized carbons (Fsp3) is 0.0500. The van der Waals surface area contributed by atoms with E-state index in [1.165, 1.54) is 18.2 Å². The maximum Gasteiger partial charge on any atom is 0.248 e.